The second-order valence-corrected chi connectivity index (χ2v) is 5.59. The topological polar surface area (TPSA) is 57.6 Å². The van der Waals surface area contributed by atoms with Gasteiger partial charge >= 0.3 is 5.97 Å². The third-order valence-electron chi connectivity index (χ3n) is 3.72. The van der Waals surface area contributed by atoms with E-state index in [4.69, 9.17) is 5.11 Å². The predicted molar refractivity (Wildman–Crippen MR) is 82.2 cm³/mol. The average Bonchev–Trinajstić information content (AvgIpc) is 2.46. The van der Waals surface area contributed by atoms with Gasteiger partial charge in [0.05, 0.1) is 6.42 Å². The van der Waals surface area contributed by atoms with E-state index in [0.29, 0.717) is 5.56 Å². The SMILES string of the molecule is CC(C)N(CCC(=O)O)C(=O)c1ccc2c(c1)CCC=C2. The molecule has 1 aliphatic rings. The molecule has 0 saturated heterocycles. The summed E-state index contributed by atoms with van der Waals surface area (Å²) in [4.78, 5) is 25.0. The zero-order valence-electron chi connectivity index (χ0n) is 12.5. The number of nitrogens with zero attached hydrogens (tertiary/aromatic N) is 1. The Bertz CT molecular complexity index is 575. The van der Waals surface area contributed by atoms with E-state index in [1.54, 1.807) is 4.90 Å². The summed E-state index contributed by atoms with van der Waals surface area (Å²) >= 11 is 0. The van der Waals surface area contributed by atoms with Crippen molar-refractivity contribution in [2.24, 2.45) is 0 Å². The highest BCUT2D eigenvalue weighted by Gasteiger charge is 2.20. The minimum atomic E-state index is -0.885. The first-order valence-electron chi connectivity index (χ1n) is 7.31. The molecule has 1 N–H and O–H groups in total. The summed E-state index contributed by atoms with van der Waals surface area (Å²) in [5, 5.41) is 8.81. The van der Waals surface area contributed by atoms with E-state index in [-0.39, 0.29) is 24.9 Å². The van der Waals surface area contributed by atoms with Crippen LogP contribution in [0.1, 0.15) is 48.2 Å². The normalized spacial score (nSPS) is 13.1. The molecular formula is C17H21NO3. The molecule has 21 heavy (non-hydrogen) atoms. The van der Waals surface area contributed by atoms with E-state index < -0.39 is 5.97 Å². The third-order valence-corrected chi connectivity index (χ3v) is 3.72. The maximum atomic E-state index is 12.6. The van der Waals surface area contributed by atoms with Gasteiger partial charge in [-0.15, -0.1) is 0 Å². The molecule has 0 saturated carbocycles. The Balaban J connectivity index is 2.20. The second kappa shape index (κ2) is 6.57. The highest BCUT2D eigenvalue weighted by molar-refractivity contribution is 5.95. The van der Waals surface area contributed by atoms with Crippen molar-refractivity contribution in [3.05, 3.63) is 41.0 Å². The third kappa shape index (κ3) is 3.72. The summed E-state index contributed by atoms with van der Waals surface area (Å²) < 4.78 is 0. The Morgan fingerprint density at radius 1 is 1.33 bits per heavy atom. The Morgan fingerprint density at radius 3 is 2.76 bits per heavy atom. The molecule has 0 aliphatic heterocycles. The van der Waals surface area contributed by atoms with Gasteiger partial charge in [-0.05, 0) is 49.9 Å². The van der Waals surface area contributed by atoms with Gasteiger partial charge in [-0.3, -0.25) is 9.59 Å². The summed E-state index contributed by atoms with van der Waals surface area (Å²) in [5.41, 5.74) is 2.99. The number of fused-ring (bicyclic) bond motifs is 1. The molecule has 0 heterocycles. The lowest BCUT2D eigenvalue weighted by Crippen LogP contribution is -2.38. The molecule has 0 spiro atoms. The first-order valence-corrected chi connectivity index (χ1v) is 7.31. The van der Waals surface area contributed by atoms with Crippen molar-refractivity contribution >= 4 is 18.0 Å². The quantitative estimate of drug-likeness (QED) is 0.905. The van der Waals surface area contributed by atoms with E-state index in [9.17, 15) is 9.59 Å². The number of amides is 1. The fourth-order valence-electron chi connectivity index (χ4n) is 2.54. The van der Waals surface area contributed by atoms with Crippen LogP contribution in [0.15, 0.2) is 24.3 Å². The number of carbonyl (C=O) groups excluding carboxylic acids is 1. The van der Waals surface area contributed by atoms with Gasteiger partial charge < -0.3 is 10.0 Å². The maximum Gasteiger partial charge on any atom is 0.305 e. The second-order valence-electron chi connectivity index (χ2n) is 5.59. The number of hydrogen-bond donors (Lipinski definition) is 1. The summed E-state index contributed by atoms with van der Waals surface area (Å²) in [6.45, 7) is 4.05. The van der Waals surface area contributed by atoms with Crippen LogP contribution in [-0.2, 0) is 11.2 Å². The zero-order chi connectivity index (χ0) is 15.4. The molecule has 1 aliphatic carbocycles. The Kier molecular flexibility index (Phi) is 4.78. The number of allylic oxidation sites excluding steroid dienone is 1. The fraction of sp³-hybridized carbons (Fsp3) is 0.412. The number of carboxylic acid groups (broad SMARTS) is 1. The van der Waals surface area contributed by atoms with E-state index in [0.717, 1.165) is 12.8 Å². The van der Waals surface area contributed by atoms with Gasteiger partial charge in [-0.2, -0.15) is 0 Å². The van der Waals surface area contributed by atoms with Gasteiger partial charge in [-0.25, -0.2) is 0 Å². The van der Waals surface area contributed by atoms with Crippen LogP contribution in [0, 0.1) is 0 Å². The zero-order valence-corrected chi connectivity index (χ0v) is 12.5. The van der Waals surface area contributed by atoms with Gasteiger partial charge in [0.15, 0.2) is 0 Å². The Morgan fingerprint density at radius 2 is 2.10 bits per heavy atom. The van der Waals surface area contributed by atoms with E-state index in [2.05, 4.69) is 12.2 Å². The molecule has 0 bridgehead atoms. The molecule has 0 aromatic heterocycles. The molecule has 1 aromatic rings. The van der Waals surface area contributed by atoms with Crippen LogP contribution in [0.2, 0.25) is 0 Å². The maximum absolute atomic E-state index is 12.6. The van der Waals surface area contributed by atoms with Crippen molar-refractivity contribution in [3.63, 3.8) is 0 Å². The average molecular weight is 287 g/mol. The minimum Gasteiger partial charge on any atom is -0.481 e. The molecule has 0 radical (unpaired) electrons. The lowest BCUT2D eigenvalue weighted by atomic mass is 9.95. The number of hydrogen-bond acceptors (Lipinski definition) is 2. The van der Waals surface area contributed by atoms with E-state index >= 15 is 0 Å². The van der Waals surface area contributed by atoms with Crippen LogP contribution in [-0.4, -0.2) is 34.5 Å². The summed E-state index contributed by atoms with van der Waals surface area (Å²) in [7, 11) is 0. The van der Waals surface area contributed by atoms with Crippen molar-refractivity contribution in [1.82, 2.24) is 4.90 Å². The van der Waals surface area contributed by atoms with Crippen molar-refractivity contribution in [2.45, 2.75) is 39.2 Å². The van der Waals surface area contributed by atoms with Crippen LogP contribution in [0.4, 0.5) is 0 Å². The van der Waals surface area contributed by atoms with Crippen LogP contribution >= 0.6 is 0 Å². The summed E-state index contributed by atoms with van der Waals surface area (Å²) in [6, 6.07) is 5.71. The van der Waals surface area contributed by atoms with Gasteiger partial charge in [0.2, 0.25) is 0 Å². The predicted octanol–water partition coefficient (Wildman–Crippen LogP) is 2.97. The van der Waals surface area contributed by atoms with Crippen molar-refractivity contribution in [2.75, 3.05) is 6.54 Å². The molecule has 0 unspecified atom stereocenters. The van der Waals surface area contributed by atoms with Gasteiger partial charge in [0, 0.05) is 18.2 Å². The van der Waals surface area contributed by atoms with Crippen LogP contribution in [0.3, 0.4) is 0 Å². The molecule has 112 valence electrons. The standard InChI is InChI=1S/C17H21NO3/c1-12(2)18(10-9-16(19)20)17(21)15-8-7-13-5-3-4-6-14(13)11-15/h3,5,7-8,11-12H,4,6,9-10H2,1-2H3,(H,19,20). The van der Waals surface area contributed by atoms with Gasteiger partial charge in [0.25, 0.3) is 5.91 Å². The number of aliphatic carboxylic acids is 1. The molecule has 0 atom stereocenters. The highest BCUT2D eigenvalue weighted by Crippen LogP contribution is 2.21. The highest BCUT2D eigenvalue weighted by atomic mass is 16.4. The number of carbonyl (C=O) groups is 2. The first kappa shape index (κ1) is 15.3. The lowest BCUT2D eigenvalue weighted by Gasteiger charge is -2.26. The molecule has 1 amide bonds. The lowest BCUT2D eigenvalue weighted by molar-refractivity contribution is -0.137. The van der Waals surface area contributed by atoms with Crippen molar-refractivity contribution in [3.8, 4) is 0 Å². The molecule has 2 rings (SSSR count). The minimum absolute atomic E-state index is 0.0206. The number of benzene rings is 1. The van der Waals surface area contributed by atoms with E-state index in [1.165, 1.54) is 11.1 Å². The summed E-state index contributed by atoms with van der Waals surface area (Å²) in [5.74, 6) is -0.979. The molecule has 0 fully saturated rings. The smallest absolute Gasteiger partial charge is 0.305 e. The van der Waals surface area contributed by atoms with Crippen LogP contribution in [0.5, 0.6) is 0 Å². The first-order chi connectivity index (χ1) is 9.99. The molecule has 1 aromatic carbocycles. The Labute approximate surface area is 125 Å². The Hall–Kier alpha value is -2.10. The number of rotatable bonds is 5. The van der Waals surface area contributed by atoms with Gasteiger partial charge in [-0.1, -0.05) is 18.2 Å². The molecule has 4 nitrogen and oxygen atoms in total. The monoisotopic (exact) mass is 287 g/mol. The largest absolute Gasteiger partial charge is 0.481 e. The molecular weight excluding hydrogens is 266 g/mol. The van der Waals surface area contributed by atoms with Gasteiger partial charge in [0.1, 0.15) is 0 Å². The van der Waals surface area contributed by atoms with E-state index in [1.807, 2.05) is 32.0 Å². The number of carboxylic acids is 1. The van der Waals surface area contributed by atoms with Crippen molar-refractivity contribution in [1.29, 1.82) is 0 Å². The summed E-state index contributed by atoms with van der Waals surface area (Å²) in [6.07, 6.45) is 6.13. The van der Waals surface area contributed by atoms with Crippen LogP contribution < -0.4 is 0 Å². The van der Waals surface area contributed by atoms with Crippen LogP contribution in [0.25, 0.3) is 6.08 Å². The molecule has 4 heteroatoms. The van der Waals surface area contributed by atoms with Crippen molar-refractivity contribution < 1.29 is 14.7 Å². The number of aryl methyl sites for hydroxylation is 1. The fourth-order valence-corrected chi connectivity index (χ4v) is 2.54.